The summed E-state index contributed by atoms with van der Waals surface area (Å²) in [5, 5.41) is 9.07. The van der Waals surface area contributed by atoms with Gasteiger partial charge in [-0.25, -0.2) is 0 Å². The molecular weight excluding hydrogens is 300 g/mol. The SMILES string of the molecule is CN(CC(=O)N1CCCC(C(=O)O)C1)C(=O)CC1CCCCO1. The third-order valence-electron chi connectivity index (χ3n) is 4.60. The van der Waals surface area contributed by atoms with Gasteiger partial charge in [-0.05, 0) is 32.1 Å². The number of hydrogen-bond donors (Lipinski definition) is 1. The number of carboxylic acid groups (broad SMARTS) is 1. The van der Waals surface area contributed by atoms with E-state index >= 15 is 0 Å². The van der Waals surface area contributed by atoms with Gasteiger partial charge in [0, 0.05) is 26.7 Å². The van der Waals surface area contributed by atoms with Gasteiger partial charge in [0.05, 0.1) is 25.0 Å². The number of carbonyl (C=O) groups excluding carboxylic acids is 2. The Balaban J connectivity index is 1.79. The average Bonchev–Trinajstić information content (AvgIpc) is 2.55. The third kappa shape index (κ3) is 5.20. The van der Waals surface area contributed by atoms with Crippen molar-refractivity contribution in [2.75, 3.05) is 33.3 Å². The zero-order valence-electron chi connectivity index (χ0n) is 13.7. The summed E-state index contributed by atoms with van der Waals surface area (Å²) in [6, 6.07) is 0. The first-order valence-corrected chi connectivity index (χ1v) is 8.33. The molecule has 0 saturated carbocycles. The zero-order chi connectivity index (χ0) is 16.8. The Bertz CT molecular complexity index is 448. The molecule has 0 spiro atoms. The lowest BCUT2D eigenvalue weighted by atomic mass is 9.98. The number of nitrogens with zero attached hydrogens (tertiary/aromatic N) is 2. The summed E-state index contributed by atoms with van der Waals surface area (Å²) in [6.07, 6.45) is 4.56. The monoisotopic (exact) mass is 326 g/mol. The van der Waals surface area contributed by atoms with Crippen molar-refractivity contribution < 1.29 is 24.2 Å². The Morgan fingerprint density at radius 3 is 2.65 bits per heavy atom. The van der Waals surface area contributed by atoms with Gasteiger partial charge in [0.1, 0.15) is 0 Å². The van der Waals surface area contributed by atoms with Crippen LogP contribution in [0.5, 0.6) is 0 Å². The first kappa shape index (κ1) is 17.7. The van der Waals surface area contributed by atoms with E-state index in [2.05, 4.69) is 0 Å². The van der Waals surface area contributed by atoms with E-state index in [9.17, 15) is 14.4 Å². The Kier molecular flexibility index (Phi) is 6.38. The van der Waals surface area contributed by atoms with E-state index in [1.165, 1.54) is 4.90 Å². The highest BCUT2D eigenvalue weighted by Crippen LogP contribution is 2.18. The minimum Gasteiger partial charge on any atom is -0.481 e. The lowest BCUT2D eigenvalue weighted by Gasteiger charge is -2.32. The van der Waals surface area contributed by atoms with Gasteiger partial charge >= 0.3 is 5.97 Å². The number of carboxylic acids is 1. The van der Waals surface area contributed by atoms with Crippen LogP contribution in [0.4, 0.5) is 0 Å². The number of likely N-dealkylation sites (tertiary alicyclic amines) is 1. The van der Waals surface area contributed by atoms with Crippen LogP contribution in [0.15, 0.2) is 0 Å². The van der Waals surface area contributed by atoms with Crippen LogP contribution in [-0.2, 0) is 19.1 Å². The highest BCUT2D eigenvalue weighted by Gasteiger charge is 2.29. The Labute approximate surface area is 136 Å². The van der Waals surface area contributed by atoms with Crippen molar-refractivity contribution in [2.45, 2.75) is 44.6 Å². The van der Waals surface area contributed by atoms with E-state index in [1.54, 1.807) is 11.9 Å². The van der Waals surface area contributed by atoms with Gasteiger partial charge < -0.3 is 19.6 Å². The van der Waals surface area contributed by atoms with Crippen LogP contribution in [0.3, 0.4) is 0 Å². The molecule has 0 aromatic rings. The summed E-state index contributed by atoms with van der Waals surface area (Å²) < 4.78 is 5.55. The molecule has 23 heavy (non-hydrogen) atoms. The number of ether oxygens (including phenoxy) is 1. The minimum atomic E-state index is -0.860. The van der Waals surface area contributed by atoms with Crippen LogP contribution in [0, 0.1) is 5.92 Å². The predicted octanol–water partition coefficient (Wildman–Crippen LogP) is 0.727. The van der Waals surface area contributed by atoms with Crippen molar-refractivity contribution in [3.8, 4) is 0 Å². The maximum Gasteiger partial charge on any atom is 0.308 e. The quantitative estimate of drug-likeness (QED) is 0.805. The molecular formula is C16H26N2O5. The molecule has 1 N–H and O–H groups in total. The van der Waals surface area contributed by atoms with Crippen molar-refractivity contribution >= 4 is 17.8 Å². The number of rotatable bonds is 5. The van der Waals surface area contributed by atoms with E-state index in [0.29, 0.717) is 32.4 Å². The lowest BCUT2D eigenvalue weighted by Crippen LogP contribution is -2.47. The number of likely N-dealkylation sites (N-methyl/N-ethyl adjacent to an activating group) is 1. The van der Waals surface area contributed by atoms with Gasteiger partial charge in [-0.15, -0.1) is 0 Å². The maximum atomic E-state index is 12.3. The van der Waals surface area contributed by atoms with Gasteiger partial charge in [0.25, 0.3) is 0 Å². The van der Waals surface area contributed by atoms with Crippen LogP contribution in [0.1, 0.15) is 38.5 Å². The molecule has 7 nitrogen and oxygen atoms in total. The molecule has 0 radical (unpaired) electrons. The summed E-state index contributed by atoms with van der Waals surface area (Å²) >= 11 is 0. The first-order chi connectivity index (χ1) is 11.0. The normalized spacial score (nSPS) is 25.0. The van der Waals surface area contributed by atoms with Gasteiger partial charge in [-0.3, -0.25) is 14.4 Å². The fraction of sp³-hybridized carbons (Fsp3) is 0.812. The molecule has 2 aliphatic heterocycles. The lowest BCUT2D eigenvalue weighted by molar-refractivity contribution is -0.147. The number of carbonyl (C=O) groups is 3. The van der Waals surface area contributed by atoms with Crippen LogP contribution in [0.25, 0.3) is 0 Å². The molecule has 2 saturated heterocycles. The minimum absolute atomic E-state index is 0.00209. The second-order valence-electron chi connectivity index (χ2n) is 6.46. The largest absolute Gasteiger partial charge is 0.481 e. The van der Waals surface area contributed by atoms with Crippen molar-refractivity contribution in [1.82, 2.24) is 9.80 Å². The van der Waals surface area contributed by atoms with E-state index in [-0.39, 0.29) is 31.0 Å². The Hall–Kier alpha value is -1.63. The number of amides is 2. The standard InChI is InChI=1S/C16H26N2O5/c1-17(14(19)9-13-6-2-3-8-23-13)11-15(20)18-7-4-5-12(10-18)16(21)22/h12-13H,2-11H2,1H3,(H,21,22). The van der Waals surface area contributed by atoms with Gasteiger partial charge in [0.2, 0.25) is 11.8 Å². The smallest absolute Gasteiger partial charge is 0.308 e. The molecule has 0 aromatic heterocycles. The molecule has 2 fully saturated rings. The summed E-state index contributed by atoms with van der Waals surface area (Å²) in [4.78, 5) is 38.5. The summed E-state index contributed by atoms with van der Waals surface area (Å²) in [6.45, 7) is 1.50. The van der Waals surface area contributed by atoms with Crippen LogP contribution < -0.4 is 0 Å². The summed E-state index contributed by atoms with van der Waals surface area (Å²) in [7, 11) is 1.61. The van der Waals surface area contributed by atoms with Crippen LogP contribution in [0.2, 0.25) is 0 Å². The van der Waals surface area contributed by atoms with Gasteiger partial charge in [-0.1, -0.05) is 0 Å². The van der Waals surface area contributed by atoms with Gasteiger partial charge in [-0.2, -0.15) is 0 Å². The molecule has 2 atom stereocenters. The van der Waals surface area contributed by atoms with E-state index < -0.39 is 11.9 Å². The fourth-order valence-corrected chi connectivity index (χ4v) is 3.12. The molecule has 0 bridgehead atoms. The first-order valence-electron chi connectivity index (χ1n) is 8.33. The van der Waals surface area contributed by atoms with Crippen LogP contribution in [-0.4, -0.2) is 72.1 Å². The van der Waals surface area contributed by atoms with E-state index in [4.69, 9.17) is 9.84 Å². The zero-order valence-corrected chi connectivity index (χ0v) is 13.7. The fourth-order valence-electron chi connectivity index (χ4n) is 3.12. The molecule has 2 unspecified atom stereocenters. The highest BCUT2D eigenvalue weighted by molar-refractivity contribution is 5.85. The van der Waals surface area contributed by atoms with Crippen LogP contribution >= 0.6 is 0 Å². The Morgan fingerprint density at radius 2 is 2.00 bits per heavy atom. The molecule has 2 aliphatic rings. The number of piperidine rings is 1. The second kappa shape index (κ2) is 8.29. The second-order valence-corrected chi connectivity index (χ2v) is 6.46. The molecule has 0 aliphatic carbocycles. The van der Waals surface area contributed by atoms with Crippen molar-refractivity contribution in [1.29, 1.82) is 0 Å². The van der Waals surface area contributed by atoms with E-state index in [0.717, 1.165) is 19.3 Å². The van der Waals surface area contributed by atoms with Crippen molar-refractivity contribution in [2.24, 2.45) is 5.92 Å². The molecule has 2 rings (SSSR count). The summed E-state index contributed by atoms with van der Waals surface area (Å²) in [5.74, 6) is -1.64. The molecule has 2 amide bonds. The van der Waals surface area contributed by atoms with Gasteiger partial charge in [0.15, 0.2) is 0 Å². The molecule has 130 valence electrons. The third-order valence-corrected chi connectivity index (χ3v) is 4.60. The molecule has 2 heterocycles. The number of hydrogen-bond acceptors (Lipinski definition) is 4. The summed E-state index contributed by atoms with van der Waals surface area (Å²) in [5.41, 5.74) is 0. The van der Waals surface area contributed by atoms with Crippen molar-refractivity contribution in [3.63, 3.8) is 0 Å². The topological polar surface area (TPSA) is 87.2 Å². The van der Waals surface area contributed by atoms with E-state index in [1.807, 2.05) is 0 Å². The molecule has 0 aromatic carbocycles. The highest BCUT2D eigenvalue weighted by atomic mass is 16.5. The molecule has 7 heteroatoms. The Morgan fingerprint density at radius 1 is 1.22 bits per heavy atom. The van der Waals surface area contributed by atoms with Crippen molar-refractivity contribution in [3.05, 3.63) is 0 Å². The number of aliphatic carboxylic acids is 1. The predicted molar refractivity (Wildman–Crippen MR) is 82.8 cm³/mol. The maximum absolute atomic E-state index is 12.3. The average molecular weight is 326 g/mol.